The Hall–Kier alpha value is -2.04. The van der Waals surface area contributed by atoms with Crippen molar-refractivity contribution >= 4 is 12.4 Å². The summed E-state index contributed by atoms with van der Waals surface area (Å²) >= 11 is 0. The van der Waals surface area contributed by atoms with E-state index >= 15 is 0 Å². The van der Waals surface area contributed by atoms with Crippen molar-refractivity contribution in [2.24, 2.45) is 17.8 Å². The van der Waals surface area contributed by atoms with Gasteiger partial charge in [0, 0.05) is 43.9 Å². The summed E-state index contributed by atoms with van der Waals surface area (Å²) in [6.45, 7) is 13.5. The van der Waals surface area contributed by atoms with Gasteiger partial charge in [0.15, 0.2) is 0 Å². The van der Waals surface area contributed by atoms with Crippen LogP contribution in [0.25, 0.3) is 0 Å². The molecule has 9 unspecified atom stereocenters. The molecule has 0 aliphatic carbocycles. The van der Waals surface area contributed by atoms with E-state index in [1.165, 1.54) is 0 Å². The smallest absolute Gasteiger partial charge is 0.410 e. The van der Waals surface area contributed by atoms with Crippen molar-refractivity contribution in [3.05, 3.63) is 36.0 Å². The van der Waals surface area contributed by atoms with Gasteiger partial charge in [0.05, 0.1) is 30.0 Å². The molecule has 0 aromatic carbocycles. The Morgan fingerprint density at radius 1 is 1.14 bits per heavy atom. The number of fused-ring (bicyclic) bond motifs is 2. The van der Waals surface area contributed by atoms with E-state index < -0.39 is 17.8 Å². The van der Waals surface area contributed by atoms with Crippen molar-refractivity contribution in [3.8, 4) is 0 Å². The molecule has 3 saturated heterocycles. The number of carbonyl (C=O) groups excluding carboxylic acids is 2. The molecule has 11 atom stereocenters. The predicted molar refractivity (Wildman–Crippen MR) is 172 cm³/mol. The van der Waals surface area contributed by atoms with Crippen LogP contribution in [0.3, 0.4) is 0 Å². The van der Waals surface area contributed by atoms with E-state index in [1.807, 2.05) is 43.9 Å². The number of rotatable bonds is 18. The van der Waals surface area contributed by atoms with Gasteiger partial charge in [0.2, 0.25) is 0 Å². The largest absolute Gasteiger partial charge is 0.442 e. The minimum Gasteiger partial charge on any atom is -0.442 e. The second-order valence-corrected chi connectivity index (χ2v) is 14.1. The summed E-state index contributed by atoms with van der Waals surface area (Å²) in [4.78, 5) is 28.1. The van der Waals surface area contributed by atoms with Crippen LogP contribution < -0.4 is 0 Å². The van der Waals surface area contributed by atoms with E-state index in [1.54, 1.807) is 13.0 Å². The van der Waals surface area contributed by atoms with Gasteiger partial charge in [-0.25, -0.2) is 4.79 Å². The number of aliphatic hydroxyl groups excluding tert-OH is 2. The van der Waals surface area contributed by atoms with Gasteiger partial charge in [-0.15, -0.1) is 0 Å². The van der Waals surface area contributed by atoms with Gasteiger partial charge < -0.3 is 34.5 Å². The zero-order chi connectivity index (χ0) is 32.6. The Morgan fingerprint density at radius 2 is 1.86 bits per heavy atom. The molecule has 0 saturated carbocycles. The first kappa shape index (κ1) is 36.4. The van der Waals surface area contributed by atoms with Crippen molar-refractivity contribution in [1.82, 2.24) is 9.80 Å². The molecular formula is C35H58N2O7. The molecule has 2 bridgehead atoms. The lowest BCUT2D eigenvalue weighted by Crippen LogP contribution is -2.48. The molecule has 9 heteroatoms. The molecule has 0 aromatic heterocycles. The highest BCUT2D eigenvalue weighted by molar-refractivity contribution is 5.69. The number of likely N-dealkylation sites (tertiary alicyclic amines) is 2. The quantitative estimate of drug-likeness (QED) is 0.0879. The maximum absolute atomic E-state index is 13.2. The summed E-state index contributed by atoms with van der Waals surface area (Å²) < 4.78 is 11.8. The number of allylic oxidation sites excluding steroid dienone is 4. The third-order valence-electron chi connectivity index (χ3n) is 9.76. The zero-order valence-corrected chi connectivity index (χ0v) is 28.0. The van der Waals surface area contributed by atoms with Crippen LogP contribution in [0, 0.1) is 17.8 Å². The first-order valence-corrected chi connectivity index (χ1v) is 16.6. The third kappa shape index (κ3) is 10.8. The van der Waals surface area contributed by atoms with Gasteiger partial charge in [0.25, 0.3) is 0 Å². The fourth-order valence-corrected chi connectivity index (χ4v) is 6.68. The Balaban J connectivity index is 1.54. The topological polar surface area (TPSA) is 123 Å². The molecule has 0 aromatic rings. The number of aliphatic hydroxyl groups is 3. The fraction of sp³-hybridized carbons (Fsp3) is 0.771. The third-order valence-corrected chi connectivity index (χ3v) is 9.76. The first-order valence-electron chi connectivity index (χ1n) is 16.6. The van der Waals surface area contributed by atoms with Gasteiger partial charge in [-0.3, -0.25) is 4.90 Å². The molecule has 1 amide bonds. The average molecular weight is 619 g/mol. The summed E-state index contributed by atoms with van der Waals surface area (Å²) in [7, 11) is 2.10. The van der Waals surface area contributed by atoms with Crippen LogP contribution >= 0.6 is 0 Å². The fourth-order valence-electron chi connectivity index (χ4n) is 6.68. The van der Waals surface area contributed by atoms with Crippen molar-refractivity contribution in [3.63, 3.8) is 0 Å². The van der Waals surface area contributed by atoms with Crippen molar-refractivity contribution < 1.29 is 34.4 Å². The van der Waals surface area contributed by atoms with E-state index in [9.17, 15) is 24.9 Å². The highest BCUT2D eigenvalue weighted by Gasteiger charge is 2.47. The van der Waals surface area contributed by atoms with Crippen molar-refractivity contribution in [2.45, 2.75) is 135 Å². The molecule has 3 aliphatic rings. The van der Waals surface area contributed by atoms with Gasteiger partial charge in [0.1, 0.15) is 12.4 Å². The summed E-state index contributed by atoms with van der Waals surface area (Å²) in [5.74, 6) is 0.230. The van der Waals surface area contributed by atoms with Crippen LogP contribution in [0.2, 0.25) is 0 Å². The first-order chi connectivity index (χ1) is 20.7. The number of likely N-dealkylation sites (N-methyl/N-ethyl adjacent to an activating group) is 1. The number of amides is 1. The number of nitrogens with zero attached hydrogens (tertiary/aromatic N) is 2. The Kier molecular flexibility index (Phi) is 13.7. The van der Waals surface area contributed by atoms with E-state index in [0.29, 0.717) is 38.3 Å². The van der Waals surface area contributed by atoms with Crippen LogP contribution in [0.5, 0.6) is 0 Å². The minimum absolute atomic E-state index is 0.00542. The lowest BCUT2D eigenvalue weighted by molar-refractivity contribution is -0.109. The van der Waals surface area contributed by atoms with E-state index in [2.05, 4.69) is 31.9 Å². The van der Waals surface area contributed by atoms with Crippen LogP contribution in [-0.4, -0.2) is 106 Å². The van der Waals surface area contributed by atoms with Crippen molar-refractivity contribution in [2.75, 3.05) is 20.1 Å². The highest BCUT2D eigenvalue weighted by Crippen LogP contribution is 2.37. The lowest BCUT2D eigenvalue weighted by Gasteiger charge is -2.33. The highest BCUT2D eigenvalue weighted by atomic mass is 16.6. The standard InChI is InChI=1S/C35H58N2O7/c1-8-30(40)26(5)33-32(43-33)20-35(6,42)16-9-10-23(2)18-24(3)11-14-31(25(4)12-13-29(39)15-17-38)44-34(41)37-22-27-19-28(37)21-36(27)7/h9-11,14,16-17,24-33,39-40,42H,8,12-13,15,18-22H2,1-7H3/b14-11+,16-9+,23-10+/t24?,25?,26?,27-,28-,29?,30?,31?,32?,33?,35?/m0/s1. The molecule has 3 fully saturated rings. The molecule has 3 N–H and O–H groups in total. The Bertz CT molecular complexity index is 1020. The van der Waals surface area contributed by atoms with Crippen LogP contribution in [0.1, 0.15) is 86.5 Å². The molecular weight excluding hydrogens is 560 g/mol. The summed E-state index contributed by atoms with van der Waals surface area (Å²) in [6.07, 6.45) is 12.9. The average Bonchev–Trinajstić information content (AvgIpc) is 3.42. The normalized spacial score (nSPS) is 29.4. The number of epoxide rings is 1. The van der Waals surface area contributed by atoms with E-state index in [0.717, 1.165) is 31.2 Å². The zero-order valence-electron chi connectivity index (χ0n) is 28.0. The number of ether oxygens (including phenoxy) is 2. The van der Waals surface area contributed by atoms with Crippen LogP contribution in [0.4, 0.5) is 4.79 Å². The number of piperazine rings is 1. The number of aldehydes is 1. The maximum atomic E-state index is 13.2. The second-order valence-electron chi connectivity index (χ2n) is 14.1. The van der Waals surface area contributed by atoms with Gasteiger partial charge in [-0.1, -0.05) is 57.6 Å². The molecule has 3 rings (SSSR count). The molecule has 250 valence electrons. The van der Waals surface area contributed by atoms with Crippen LogP contribution in [-0.2, 0) is 14.3 Å². The maximum Gasteiger partial charge on any atom is 0.410 e. The van der Waals surface area contributed by atoms with Crippen molar-refractivity contribution in [1.29, 1.82) is 0 Å². The van der Waals surface area contributed by atoms with Gasteiger partial charge >= 0.3 is 6.09 Å². The second kappa shape index (κ2) is 16.5. The SMILES string of the molecule is CCC(O)C(C)C1OC1CC(C)(O)/C=C/C=C(\C)CC(C)/C=C/C(OC(=O)N1C[C@@H]2C[C@H]1CN2C)C(C)CCC(O)CC=O. The van der Waals surface area contributed by atoms with E-state index in [-0.39, 0.29) is 54.6 Å². The van der Waals surface area contributed by atoms with Gasteiger partial charge in [-0.2, -0.15) is 0 Å². The summed E-state index contributed by atoms with van der Waals surface area (Å²) in [5.41, 5.74) is 0.153. The minimum atomic E-state index is -1.00. The molecule has 0 radical (unpaired) electrons. The molecule has 3 heterocycles. The molecule has 3 aliphatic heterocycles. The van der Waals surface area contributed by atoms with Crippen LogP contribution in [0.15, 0.2) is 36.0 Å². The molecule has 9 nitrogen and oxygen atoms in total. The number of carbonyl (C=O) groups is 2. The molecule has 44 heavy (non-hydrogen) atoms. The lowest BCUT2D eigenvalue weighted by atomic mass is 9.91. The Morgan fingerprint density at radius 3 is 2.48 bits per heavy atom. The molecule has 0 spiro atoms. The summed E-state index contributed by atoms with van der Waals surface area (Å²) in [6, 6.07) is 0.593. The Labute approximate surface area is 265 Å². The summed E-state index contributed by atoms with van der Waals surface area (Å²) in [5, 5.41) is 31.0. The van der Waals surface area contributed by atoms with E-state index in [4.69, 9.17) is 9.47 Å². The number of hydrogen-bond acceptors (Lipinski definition) is 8. The van der Waals surface area contributed by atoms with Gasteiger partial charge in [-0.05, 0) is 70.9 Å². The number of hydrogen-bond donors (Lipinski definition) is 3. The monoisotopic (exact) mass is 618 g/mol. The predicted octanol–water partition coefficient (Wildman–Crippen LogP) is 4.65.